The minimum atomic E-state index is -2.11. The maximum absolute atomic E-state index is 12.0. The number of carboxylic acid groups (broad SMARTS) is 1. The molecule has 0 aromatic heterocycles. The Morgan fingerprint density at radius 3 is 1.90 bits per heavy atom. The molecule has 5 heteroatoms. The lowest BCUT2D eigenvalue weighted by Crippen LogP contribution is -2.49. The maximum Gasteiger partial charge on any atom is 0.308 e. The van der Waals surface area contributed by atoms with Gasteiger partial charge in [0.25, 0.3) is 0 Å². The molecule has 0 aliphatic heterocycles. The molecule has 0 fully saturated rings. The van der Waals surface area contributed by atoms with E-state index in [2.05, 4.69) is 33.9 Å². The summed E-state index contributed by atoms with van der Waals surface area (Å²) >= 11 is 0. The van der Waals surface area contributed by atoms with Crippen LogP contribution in [0.4, 0.5) is 0 Å². The second-order valence-corrected chi connectivity index (χ2v) is 11.8. The van der Waals surface area contributed by atoms with Gasteiger partial charge in [-0.3, -0.25) is 9.59 Å². The lowest BCUT2D eigenvalue weighted by atomic mass is 9.89. The third-order valence-corrected chi connectivity index (χ3v) is 8.94. The Kier molecular flexibility index (Phi) is 6.62. The van der Waals surface area contributed by atoms with E-state index in [1.165, 1.54) is 0 Å². The van der Waals surface area contributed by atoms with Crippen LogP contribution in [0.1, 0.15) is 48.0 Å². The van der Waals surface area contributed by atoms with Gasteiger partial charge in [0.1, 0.15) is 5.78 Å². The minimum Gasteiger partial charge on any atom is -0.481 e. The number of carboxylic acids is 1. The Morgan fingerprint density at radius 2 is 1.60 bits per heavy atom. The van der Waals surface area contributed by atoms with Crippen molar-refractivity contribution >= 4 is 20.1 Å². The molecule has 1 N–H and O–H groups in total. The molecule has 0 spiro atoms. The van der Waals surface area contributed by atoms with Gasteiger partial charge in [-0.1, -0.05) is 34.6 Å². The number of carbonyl (C=O) groups is 2. The third-order valence-electron chi connectivity index (χ3n) is 4.47. The van der Waals surface area contributed by atoms with E-state index in [0.29, 0.717) is 6.42 Å². The Bertz CT molecular complexity index is 357. The average Bonchev–Trinajstić information content (AvgIpc) is 2.31. The van der Waals surface area contributed by atoms with Crippen LogP contribution in [0.25, 0.3) is 0 Å². The minimum absolute atomic E-state index is 0.0154. The molecule has 0 aliphatic rings. The Balaban J connectivity index is 5.35. The Labute approximate surface area is 124 Å². The summed E-state index contributed by atoms with van der Waals surface area (Å²) in [6.07, 6.45) is -0.147. The highest BCUT2D eigenvalue weighted by atomic mass is 28.4. The van der Waals surface area contributed by atoms with Crippen LogP contribution in [0.5, 0.6) is 0 Å². The molecule has 0 heterocycles. The highest BCUT2D eigenvalue weighted by Crippen LogP contribution is 2.39. The van der Waals surface area contributed by atoms with E-state index in [-0.39, 0.29) is 16.7 Å². The summed E-state index contributed by atoms with van der Waals surface area (Å²) in [5.41, 5.74) is 0. The molecule has 0 amide bonds. The maximum atomic E-state index is 12.0. The van der Waals surface area contributed by atoms with E-state index >= 15 is 0 Å². The zero-order valence-corrected chi connectivity index (χ0v) is 15.1. The lowest BCUT2D eigenvalue weighted by molar-refractivity contribution is -0.146. The van der Waals surface area contributed by atoms with Gasteiger partial charge in [0.15, 0.2) is 8.32 Å². The summed E-state index contributed by atoms with van der Waals surface area (Å²) in [6, 6.07) is 0. The lowest BCUT2D eigenvalue weighted by Gasteiger charge is -2.41. The smallest absolute Gasteiger partial charge is 0.308 e. The highest BCUT2D eigenvalue weighted by Gasteiger charge is 2.43. The number of carbonyl (C=O) groups excluding carboxylic acids is 1. The molecule has 0 aromatic carbocycles. The van der Waals surface area contributed by atoms with Crippen molar-refractivity contribution in [2.75, 3.05) is 0 Å². The summed E-state index contributed by atoms with van der Waals surface area (Å²) in [5, 5.41) is 9.26. The van der Waals surface area contributed by atoms with Gasteiger partial charge in [-0.05, 0) is 25.1 Å². The fourth-order valence-corrected chi connectivity index (χ4v) is 3.24. The molecule has 0 aromatic rings. The summed E-state index contributed by atoms with van der Waals surface area (Å²) < 4.78 is 6.25. The molecule has 0 aliphatic carbocycles. The second-order valence-electron chi connectivity index (χ2n) is 7.08. The first kappa shape index (κ1) is 19.3. The Morgan fingerprint density at radius 1 is 1.15 bits per heavy atom. The summed E-state index contributed by atoms with van der Waals surface area (Å²) in [4.78, 5) is 23.3. The molecular formula is C15H30O4Si. The predicted molar refractivity (Wildman–Crippen MR) is 83.3 cm³/mol. The van der Waals surface area contributed by atoms with Crippen LogP contribution in [-0.4, -0.2) is 31.3 Å². The number of aliphatic carboxylic acids is 1. The van der Waals surface area contributed by atoms with Gasteiger partial charge in [-0.15, -0.1) is 0 Å². The first-order valence-corrected chi connectivity index (χ1v) is 10.2. The zero-order chi connectivity index (χ0) is 16.3. The number of Topliss-reactive ketones (excluding diaryl/α,β-unsaturated/α-hetero) is 1. The molecule has 3 atom stereocenters. The Hall–Kier alpha value is -0.683. The van der Waals surface area contributed by atoms with Gasteiger partial charge in [-0.25, -0.2) is 0 Å². The first-order chi connectivity index (χ1) is 8.85. The van der Waals surface area contributed by atoms with E-state index < -0.39 is 26.3 Å². The van der Waals surface area contributed by atoms with Crippen molar-refractivity contribution in [2.45, 2.75) is 72.2 Å². The van der Waals surface area contributed by atoms with Crippen LogP contribution in [0.3, 0.4) is 0 Å². The van der Waals surface area contributed by atoms with Crippen LogP contribution in [0.2, 0.25) is 18.1 Å². The molecule has 118 valence electrons. The topological polar surface area (TPSA) is 63.6 Å². The molecule has 0 unspecified atom stereocenters. The standard InChI is InChI=1S/C15H30O4Si/c1-9-12(16)10(2)13(11(3)14(17)18)19-20(7,8)15(4,5)6/h10-11,13H,9H2,1-8H3,(H,17,18)/t10-,11-,13-/m1/s1. The second kappa shape index (κ2) is 6.85. The van der Waals surface area contributed by atoms with Gasteiger partial charge in [0, 0.05) is 12.3 Å². The van der Waals surface area contributed by atoms with E-state index in [0.717, 1.165) is 0 Å². The molecule has 0 bridgehead atoms. The monoisotopic (exact) mass is 302 g/mol. The SMILES string of the molecule is CCC(=O)[C@@H](C)[C@@H](O[Si](C)(C)C(C)(C)C)[C@@H](C)C(=O)O. The van der Waals surface area contributed by atoms with Crippen LogP contribution < -0.4 is 0 Å². The summed E-state index contributed by atoms with van der Waals surface area (Å²) in [7, 11) is -2.11. The van der Waals surface area contributed by atoms with Gasteiger partial charge in [-0.2, -0.15) is 0 Å². The highest BCUT2D eigenvalue weighted by molar-refractivity contribution is 6.74. The first-order valence-electron chi connectivity index (χ1n) is 7.28. The van der Waals surface area contributed by atoms with Crippen molar-refractivity contribution in [2.24, 2.45) is 11.8 Å². The van der Waals surface area contributed by atoms with Crippen LogP contribution in [0, 0.1) is 11.8 Å². The number of hydrogen-bond acceptors (Lipinski definition) is 3. The largest absolute Gasteiger partial charge is 0.481 e. The quantitative estimate of drug-likeness (QED) is 0.728. The van der Waals surface area contributed by atoms with E-state index in [1.807, 2.05) is 0 Å². The molecule has 0 saturated heterocycles. The van der Waals surface area contributed by atoms with Gasteiger partial charge in [0.2, 0.25) is 0 Å². The average molecular weight is 302 g/mol. The van der Waals surface area contributed by atoms with Crippen LogP contribution in [0.15, 0.2) is 0 Å². The summed E-state index contributed by atoms with van der Waals surface area (Å²) in [5.74, 6) is -1.93. The molecule has 4 nitrogen and oxygen atoms in total. The molecule has 0 rings (SSSR count). The van der Waals surface area contributed by atoms with Crippen molar-refractivity contribution < 1.29 is 19.1 Å². The molecular weight excluding hydrogens is 272 g/mol. The van der Waals surface area contributed by atoms with Crippen LogP contribution >= 0.6 is 0 Å². The fourth-order valence-electron chi connectivity index (χ4n) is 1.80. The van der Waals surface area contributed by atoms with Gasteiger partial charge >= 0.3 is 5.97 Å². The predicted octanol–water partition coefficient (Wildman–Crippen LogP) is 3.71. The third kappa shape index (κ3) is 4.70. The number of rotatable bonds is 7. The van der Waals surface area contributed by atoms with Crippen molar-refractivity contribution in [3.8, 4) is 0 Å². The zero-order valence-electron chi connectivity index (χ0n) is 14.1. The van der Waals surface area contributed by atoms with Crippen molar-refractivity contribution in [3.63, 3.8) is 0 Å². The van der Waals surface area contributed by atoms with Crippen molar-refractivity contribution in [1.82, 2.24) is 0 Å². The van der Waals surface area contributed by atoms with Crippen LogP contribution in [-0.2, 0) is 14.0 Å². The molecule has 20 heavy (non-hydrogen) atoms. The van der Waals surface area contributed by atoms with E-state index in [4.69, 9.17) is 4.43 Å². The number of ketones is 1. The van der Waals surface area contributed by atoms with Gasteiger partial charge in [0.05, 0.1) is 12.0 Å². The summed E-state index contributed by atoms with van der Waals surface area (Å²) in [6.45, 7) is 15.7. The van der Waals surface area contributed by atoms with E-state index in [9.17, 15) is 14.7 Å². The van der Waals surface area contributed by atoms with Gasteiger partial charge < -0.3 is 9.53 Å². The van der Waals surface area contributed by atoms with Crippen molar-refractivity contribution in [1.29, 1.82) is 0 Å². The number of hydrogen-bond donors (Lipinski definition) is 1. The van der Waals surface area contributed by atoms with Crippen molar-refractivity contribution in [3.05, 3.63) is 0 Å². The van der Waals surface area contributed by atoms with E-state index in [1.54, 1.807) is 20.8 Å². The molecule has 0 saturated carbocycles. The normalized spacial score (nSPS) is 17.4. The molecule has 0 radical (unpaired) electrons. The fraction of sp³-hybridized carbons (Fsp3) is 0.867.